The minimum atomic E-state index is -0.147. The number of pyridine rings is 1. The molecule has 0 unspecified atom stereocenters. The van der Waals surface area contributed by atoms with Gasteiger partial charge in [0.2, 0.25) is 0 Å². The molecule has 0 N–H and O–H groups in total. The highest BCUT2D eigenvalue weighted by atomic mass is 15.1. The van der Waals surface area contributed by atoms with E-state index >= 15 is 0 Å². The second kappa shape index (κ2) is 9.02. The first-order chi connectivity index (χ1) is 19.0. The predicted molar refractivity (Wildman–Crippen MR) is 172 cm³/mol. The molecule has 0 amide bonds. The lowest BCUT2D eigenvalue weighted by atomic mass is 9.42. The molecule has 2 heterocycles. The summed E-state index contributed by atoms with van der Waals surface area (Å²) in [5, 5.41) is 4.69. The summed E-state index contributed by atoms with van der Waals surface area (Å²) in [4.78, 5) is 9.88. The Morgan fingerprint density at radius 3 is 1.77 bits per heavy atom. The summed E-state index contributed by atoms with van der Waals surface area (Å²) in [6.07, 6.45) is 1.86. The van der Waals surface area contributed by atoms with Crippen LogP contribution in [0.2, 0.25) is 0 Å². The molecule has 182 valence electrons. The standard InChI is InChI=1S/C33H26B3N3/c34-33(35,36)32-38-28-18-7-8-19-29(28)39(32)31-25-15-5-3-13-23(25)30(24-14-4-6-16-26(24)31)22-12-2-1-11-21(22)27-17-9-10-20-37-27/h1-20H,34-36H2. The van der Waals surface area contributed by atoms with Crippen LogP contribution in [0.5, 0.6) is 0 Å². The number of rotatable bonds is 4. The van der Waals surface area contributed by atoms with Gasteiger partial charge in [0.1, 0.15) is 0 Å². The SMILES string of the molecule is BC(B)(B)c1nc2ccccc2n1-c1c2ccccc2c(-c2ccccc2-c2ccccn2)c2ccccc12. The van der Waals surface area contributed by atoms with Crippen LogP contribution < -0.4 is 0 Å². The summed E-state index contributed by atoms with van der Waals surface area (Å²) in [7, 11) is 6.73. The number of para-hydroxylation sites is 2. The number of benzene rings is 5. The molecular formula is C33H26B3N3. The van der Waals surface area contributed by atoms with Gasteiger partial charge < -0.3 is 0 Å². The second-order valence-corrected chi connectivity index (χ2v) is 11.1. The Kier molecular flexibility index (Phi) is 5.45. The van der Waals surface area contributed by atoms with Crippen molar-refractivity contribution < 1.29 is 0 Å². The Hall–Kier alpha value is -4.57. The average Bonchev–Trinajstić information content (AvgIpc) is 3.36. The third kappa shape index (κ3) is 3.78. The van der Waals surface area contributed by atoms with Gasteiger partial charge in [-0.3, -0.25) is 9.55 Å². The fourth-order valence-corrected chi connectivity index (χ4v) is 5.84. The molecule has 0 saturated carbocycles. The highest BCUT2D eigenvalue weighted by molar-refractivity contribution is 6.58. The van der Waals surface area contributed by atoms with E-state index in [0.29, 0.717) is 0 Å². The van der Waals surface area contributed by atoms with E-state index in [0.717, 1.165) is 28.1 Å². The smallest absolute Gasteiger partial charge is 0.0994 e. The topological polar surface area (TPSA) is 30.7 Å². The van der Waals surface area contributed by atoms with Gasteiger partial charge in [0.25, 0.3) is 0 Å². The maximum absolute atomic E-state index is 5.16. The number of aromatic nitrogens is 3. The van der Waals surface area contributed by atoms with Gasteiger partial charge in [-0.1, -0.05) is 96.1 Å². The van der Waals surface area contributed by atoms with Crippen LogP contribution in [0.15, 0.2) is 121 Å². The highest BCUT2D eigenvalue weighted by Gasteiger charge is 2.27. The Morgan fingerprint density at radius 1 is 0.564 bits per heavy atom. The van der Waals surface area contributed by atoms with Crippen LogP contribution in [0.1, 0.15) is 5.82 Å². The normalized spacial score (nSPS) is 11.9. The van der Waals surface area contributed by atoms with E-state index in [1.807, 2.05) is 12.3 Å². The zero-order valence-electron chi connectivity index (χ0n) is 22.4. The third-order valence-corrected chi connectivity index (χ3v) is 7.50. The summed E-state index contributed by atoms with van der Waals surface area (Å²) >= 11 is 0. The lowest BCUT2D eigenvalue weighted by Gasteiger charge is -2.24. The van der Waals surface area contributed by atoms with E-state index in [9.17, 15) is 0 Å². The van der Waals surface area contributed by atoms with Gasteiger partial charge in [-0.2, -0.15) is 0 Å². The van der Waals surface area contributed by atoms with Gasteiger partial charge in [0.05, 0.1) is 51.8 Å². The molecule has 0 spiro atoms. The van der Waals surface area contributed by atoms with Crippen molar-refractivity contribution in [3.63, 3.8) is 0 Å². The molecule has 0 aliphatic rings. The fourth-order valence-electron chi connectivity index (χ4n) is 5.84. The van der Waals surface area contributed by atoms with Crippen molar-refractivity contribution in [3.8, 4) is 28.1 Å². The van der Waals surface area contributed by atoms with Gasteiger partial charge in [-0.05, 0) is 46.2 Å². The van der Waals surface area contributed by atoms with Gasteiger partial charge in [0, 0.05) is 22.5 Å². The van der Waals surface area contributed by atoms with Crippen molar-refractivity contribution in [3.05, 3.63) is 127 Å². The van der Waals surface area contributed by atoms with Gasteiger partial charge in [0.15, 0.2) is 0 Å². The van der Waals surface area contributed by atoms with E-state index in [4.69, 9.17) is 9.97 Å². The van der Waals surface area contributed by atoms with E-state index < -0.39 is 0 Å². The molecule has 0 bridgehead atoms. The van der Waals surface area contributed by atoms with Crippen LogP contribution in [0.4, 0.5) is 0 Å². The zero-order valence-corrected chi connectivity index (χ0v) is 22.4. The lowest BCUT2D eigenvalue weighted by molar-refractivity contribution is 0.939. The Bertz CT molecular complexity index is 1950. The number of imidazole rings is 1. The van der Waals surface area contributed by atoms with Crippen LogP contribution in [0.3, 0.4) is 0 Å². The van der Waals surface area contributed by atoms with Crippen molar-refractivity contribution in [2.45, 2.75) is 5.11 Å². The maximum atomic E-state index is 5.16. The van der Waals surface area contributed by atoms with Crippen LogP contribution >= 0.6 is 0 Å². The molecule has 39 heavy (non-hydrogen) atoms. The molecule has 0 fully saturated rings. The average molecular weight is 497 g/mol. The van der Waals surface area contributed by atoms with E-state index in [1.54, 1.807) is 0 Å². The third-order valence-electron chi connectivity index (χ3n) is 7.50. The van der Waals surface area contributed by atoms with Crippen LogP contribution in [0.25, 0.3) is 60.6 Å². The summed E-state index contributed by atoms with van der Waals surface area (Å²) in [6.45, 7) is 0. The predicted octanol–water partition coefficient (Wildman–Crippen LogP) is 5.07. The molecule has 7 aromatic rings. The molecule has 3 nitrogen and oxygen atoms in total. The first-order valence-corrected chi connectivity index (χ1v) is 13.4. The summed E-state index contributed by atoms with van der Waals surface area (Å²) < 4.78 is 2.40. The van der Waals surface area contributed by atoms with Crippen molar-refractivity contribution in [2.24, 2.45) is 0 Å². The number of hydrogen-bond acceptors (Lipinski definition) is 2. The summed E-state index contributed by atoms with van der Waals surface area (Å²) in [5.74, 6) is 1.06. The first-order valence-electron chi connectivity index (χ1n) is 13.4. The first kappa shape index (κ1) is 23.5. The number of hydrogen-bond donors (Lipinski definition) is 0. The van der Waals surface area contributed by atoms with Crippen LogP contribution in [0, 0.1) is 0 Å². The molecule has 0 saturated heterocycles. The summed E-state index contributed by atoms with van der Waals surface area (Å²) in [5.41, 5.74) is 7.83. The molecule has 0 aliphatic heterocycles. The maximum Gasteiger partial charge on any atom is 0.0994 e. The van der Waals surface area contributed by atoms with Crippen molar-refractivity contribution >= 4 is 56.1 Å². The number of fused-ring (bicyclic) bond motifs is 3. The fraction of sp³-hybridized carbons (Fsp3) is 0.0303. The Labute approximate surface area is 230 Å². The quantitative estimate of drug-likeness (QED) is 0.251. The van der Waals surface area contributed by atoms with Gasteiger partial charge >= 0.3 is 0 Å². The van der Waals surface area contributed by atoms with Crippen LogP contribution in [-0.4, -0.2) is 38.1 Å². The molecule has 0 atom stereocenters. The van der Waals surface area contributed by atoms with Gasteiger partial charge in [-0.15, -0.1) is 0 Å². The van der Waals surface area contributed by atoms with Crippen molar-refractivity contribution in [1.29, 1.82) is 0 Å². The Morgan fingerprint density at radius 2 is 1.13 bits per heavy atom. The van der Waals surface area contributed by atoms with Crippen LogP contribution in [-0.2, 0) is 5.11 Å². The largest absolute Gasteiger partial charge is 0.296 e. The van der Waals surface area contributed by atoms with E-state index in [-0.39, 0.29) is 5.11 Å². The van der Waals surface area contributed by atoms with Crippen molar-refractivity contribution in [2.75, 3.05) is 0 Å². The molecule has 5 aromatic carbocycles. The van der Waals surface area contributed by atoms with Crippen molar-refractivity contribution in [1.82, 2.24) is 14.5 Å². The van der Waals surface area contributed by atoms with E-state index in [1.165, 1.54) is 38.4 Å². The minimum absolute atomic E-state index is 0.147. The van der Waals surface area contributed by atoms with E-state index in [2.05, 4.69) is 137 Å². The molecular weight excluding hydrogens is 471 g/mol. The monoisotopic (exact) mass is 497 g/mol. The molecule has 0 radical (unpaired) electrons. The molecule has 6 heteroatoms. The second-order valence-electron chi connectivity index (χ2n) is 11.1. The molecule has 0 aliphatic carbocycles. The lowest BCUT2D eigenvalue weighted by Crippen LogP contribution is -2.31. The highest BCUT2D eigenvalue weighted by Crippen LogP contribution is 2.45. The Balaban J connectivity index is 1.67. The number of nitrogens with zero attached hydrogens (tertiary/aromatic N) is 3. The molecule has 7 rings (SSSR count). The molecule has 2 aromatic heterocycles. The van der Waals surface area contributed by atoms with Gasteiger partial charge in [-0.25, -0.2) is 4.98 Å². The summed E-state index contributed by atoms with van der Waals surface area (Å²) in [6, 6.07) is 40.8. The minimum Gasteiger partial charge on any atom is -0.296 e. The zero-order chi connectivity index (χ0) is 26.6.